The van der Waals surface area contributed by atoms with Gasteiger partial charge >= 0.3 is 0 Å². The molecule has 0 radical (unpaired) electrons. The maximum absolute atomic E-state index is 4.51. The monoisotopic (exact) mass is 168 g/mol. The number of nitrogens with one attached hydrogen (secondary N) is 1. The Hall–Kier alpha value is -0.573. The van der Waals surface area contributed by atoms with E-state index in [1.807, 2.05) is 6.20 Å². The van der Waals surface area contributed by atoms with Crippen LogP contribution in [-0.4, -0.2) is 18.8 Å². The highest BCUT2D eigenvalue weighted by Crippen LogP contribution is 1.95. The number of aromatic nitrogens is 2. The van der Waals surface area contributed by atoms with Crippen molar-refractivity contribution in [1.29, 1.82) is 0 Å². The Morgan fingerprint density at radius 1 is 1.55 bits per heavy atom. The predicted octanol–water partition coefficient (Wildman–Crippen LogP) is 1.06. The molecule has 1 aromatic heterocycles. The number of aromatic amines is 1. The second-order valence-corrected chi connectivity index (χ2v) is 6.04. The molecule has 1 heterocycles. The number of rotatable bonds is 3. The minimum absolute atomic E-state index is 0.700. The molecule has 0 aliphatic rings. The molecular formula is C8H16N2Si. The van der Waals surface area contributed by atoms with E-state index in [9.17, 15) is 0 Å². The van der Waals surface area contributed by atoms with E-state index in [1.54, 1.807) is 0 Å². The molecule has 0 bridgehead atoms. The Morgan fingerprint density at radius 2 is 2.27 bits per heavy atom. The van der Waals surface area contributed by atoms with Crippen molar-refractivity contribution in [3.63, 3.8) is 0 Å². The molecule has 0 atom stereocenters. The Morgan fingerprint density at radius 3 is 2.73 bits per heavy atom. The number of aryl methyl sites for hydroxylation is 1. The molecule has 1 N–H and O–H groups in total. The summed E-state index contributed by atoms with van der Waals surface area (Å²) in [6.45, 7) is 6.75. The molecule has 11 heavy (non-hydrogen) atoms. The Bertz CT molecular complexity index is 218. The summed E-state index contributed by atoms with van der Waals surface area (Å²) in [5.41, 5.74) is 2.47. The van der Waals surface area contributed by atoms with Crippen molar-refractivity contribution >= 4 is 14.2 Å². The van der Waals surface area contributed by atoms with Gasteiger partial charge in [0.1, 0.15) is 8.80 Å². The third-order valence-corrected chi connectivity index (χ3v) is 3.09. The largest absolute Gasteiger partial charge is 0.353 e. The van der Waals surface area contributed by atoms with Crippen molar-refractivity contribution in [3.05, 3.63) is 11.9 Å². The fourth-order valence-corrected chi connectivity index (χ4v) is 1.90. The van der Waals surface area contributed by atoms with Gasteiger partial charge in [-0.05, 0) is 6.42 Å². The number of hydrogen-bond acceptors (Lipinski definition) is 1. The van der Waals surface area contributed by atoms with E-state index in [0.29, 0.717) is 0 Å². The summed E-state index contributed by atoms with van der Waals surface area (Å²) in [5, 5.41) is 0. The fourth-order valence-electron chi connectivity index (χ4n) is 1.06. The molecule has 62 valence electrons. The number of H-pyrrole nitrogens is 1. The van der Waals surface area contributed by atoms with Crippen molar-refractivity contribution in [2.24, 2.45) is 0 Å². The summed E-state index contributed by atoms with van der Waals surface area (Å²) < 4.78 is 0. The molecule has 0 aliphatic heterocycles. The van der Waals surface area contributed by atoms with Crippen molar-refractivity contribution in [2.45, 2.75) is 32.9 Å². The quantitative estimate of drug-likeness (QED) is 0.672. The second-order valence-electron chi connectivity index (χ2n) is 3.18. The topological polar surface area (TPSA) is 28.7 Å². The van der Waals surface area contributed by atoms with E-state index in [4.69, 9.17) is 0 Å². The number of imidazole rings is 1. The van der Waals surface area contributed by atoms with Crippen LogP contribution in [-0.2, 0) is 6.42 Å². The van der Waals surface area contributed by atoms with Crippen LogP contribution >= 0.6 is 0 Å². The first-order valence-corrected chi connectivity index (χ1v) is 7.17. The predicted molar refractivity (Wildman–Crippen MR) is 51.1 cm³/mol. The lowest BCUT2D eigenvalue weighted by Gasteiger charge is -1.94. The van der Waals surface area contributed by atoms with Crippen LogP contribution in [0.3, 0.4) is 0 Å². The summed E-state index contributed by atoms with van der Waals surface area (Å²) >= 11 is 0. The summed E-state index contributed by atoms with van der Waals surface area (Å²) in [6.07, 6.45) is 4.34. The van der Waals surface area contributed by atoms with Crippen molar-refractivity contribution < 1.29 is 0 Å². The van der Waals surface area contributed by atoms with Gasteiger partial charge < -0.3 is 4.98 Å². The third kappa shape index (κ3) is 2.18. The number of nitrogens with zero attached hydrogens (tertiary/aromatic N) is 1. The summed E-state index contributed by atoms with van der Waals surface area (Å²) in [7, 11) is -0.700. The van der Waals surface area contributed by atoms with Crippen LogP contribution in [0, 0.1) is 0 Å². The highest BCUT2D eigenvalue weighted by Gasteiger charge is 2.04. The third-order valence-electron chi connectivity index (χ3n) is 1.70. The maximum atomic E-state index is 4.51. The van der Waals surface area contributed by atoms with Gasteiger partial charge in [-0.3, -0.25) is 0 Å². The van der Waals surface area contributed by atoms with Crippen LogP contribution in [0.4, 0.5) is 0 Å². The van der Waals surface area contributed by atoms with Crippen molar-refractivity contribution in [1.82, 2.24) is 9.97 Å². The first kappa shape index (κ1) is 8.52. The van der Waals surface area contributed by atoms with Gasteiger partial charge in [0.25, 0.3) is 0 Å². The summed E-state index contributed by atoms with van der Waals surface area (Å²) in [5.74, 6) is 0. The van der Waals surface area contributed by atoms with E-state index in [1.165, 1.54) is 17.6 Å². The molecule has 0 fully saturated rings. The van der Waals surface area contributed by atoms with Crippen LogP contribution in [0.2, 0.25) is 13.1 Å². The molecule has 0 unspecified atom stereocenters. The van der Waals surface area contributed by atoms with Gasteiger partial charge in [0.05, 0.1) is 11.1 Å². The molecule has 0 saturated carbocycles. The van der Waals surface area contributed by atoms with Gasteiger partial charge in [-0.25, -0.2) is 4.98 Å². The lowest BCUT2D eigenvalue weighted by atomic mass is 10.3. The van der Waals surface area contributed by atoms with Gasteiger partial charge in [-0.2, -0.15) is 0 Å². The van der Waals surface area contributed by atoms with E-state index in [0.717, 1.165) is 6.42 Å². The van der Waals surface area contributed by atoms with Gasteiger partial charge in [0.2, 0.25) is 0 Å². The molecule has 0 aromatic carbocycles. The van der Waals surface area contributed by atoms with Gasteiger partial charge in [0.15, 0.2) is 0 Å². The summed E-state index contributed by atoms with van der Waals surface area (Å²) in [6, 6.07) is 0. The zero-order chi connectivity index (χ0) is 8.27. The molecule has 0 aliphatic carbocycles. The zero-order valence-corrected chi connectivity index (χ0v) is 8.67. The molecule has 0 amide bonds. The lowest BCUT2D eigenvalue weighted by molar-refractivity contribution is 0.894. The average Bonchev–Trinajstić information content (AvgIpc) is 2.37. The maximum Gasteiger partial charge on any atom is 0.110 e. The van der Waals surface area contributed by atoms with E-state index in [2.05, 4.69) is 30.0 Å². The van der Waals surface area contributed by atoms with Crippen LogP contribution < -0.4 is 5.45 Å². The first-order chi connectivity index (χ1) is 5.24. The average molecular weight is 168 g/mol. The molecule has 0 saturated heterocycles. The van der Waals surface area contributed by atoms with Crippen molar-refractivity contribution in [3.8, 4) is 0 Å². The number of hydrogen-bond donors (Lipinski definition) is 1. The first-order valence-electron chi connectivity index (χ1n) is 4.28. The molecule has 2 nitrogen and oxygen atoms in total. The Kier molecular flexibility index (Phi) is 2.88. The summed E-state index contributed by atoms with van der Waals surface area (Å²) in [4.78, 5) is 7.75. The van der Waals surface area contributed by atoms with Crippen LogP contribution in [0.15, 0.2) is 6.20 Å². The van der Waals surface area contributed by atoms with Crippen LogP contribution in [0.25, 0.3) is 0 Å². The Labute approximate surface area is 69.7 Å². The highest BCUT2D eigenvalue weighted by molar-refractivity contribution is 6.69. The van der Waals surface area contributed by atoms with E-state index >= 15 is 0 Å². The van der Waals surface area contributed by atoms with Gasteiger partial charge in [-0.15, -0.1) is 0 Å². The minimum Gasteiger partial charge on any atom is -0.353 e. The van der Waals surface area contributed by atoms with Gasteiger partial charge in [0, 0.05) is 6.20 Å². The zero-order valence-electron chi connectivity index (χ0n) is 7.52. The highest BCUT2D eigenvalue weighted by atomic mass is 28.3. The Balaban J connectivity index is 2.66. The minimum atomic E-state index is -0.700. The normalized spacial score (nSPS) is 10.9. The second kappa shape index (κ2) is 3.71. The molecule has 3 heteroatoms. The lowest BCUT2D eigenvalue weighted by Crippen LogP contribution is -2.26. The molecule has 1 rings (SSSR count). The fraction of sp³-hybridized carbons (Fsp3) is 0.625. The molecular weight excluding hydrogens is 152 g/mol. The van der Waals surface area contributed by atoms with E-state index < -0.39 is 8.80 Å². The molecule has 1 aromatic rings. The van der Waals surface area contributed by atoms with Gasteiger partial charge in [-0.1, -0.05) is 26.4 Å². The van der Waals surface area contributed by atoms with Crippen LogP contribution in [0.1, 0.15) is 19.0 Å². The standard InChI is InChI=1S/C8H16N2Si/c1-4-5-7-6-9-8(10-7)11(2)3/h6,11H,4-5H2,1-3H3,(H,9,10). The SMILES string of the molecule is CCCc1c[nH]c([SiH](C)C)n1. The smallest absolute Gasteiger partial charge is 0.110 e. The molecule has 0 spiro atoms. The van der Waals surface area contributed by atoms with Crippen molar-refractivity contribution in [2.75, 3.05) is 0 Å². The van der Waals surface area contributed by atoms with E-state index in [-0.39, 0.29) is 0 Å². The van der Waals surface area contributed by atoms with Crippen LogP contribution in [0.5, 0.6) is 0 Å².